The van der Waals surface area contributed by atoms with Gasteiger partial charge in [0.05, 0.1) is 0 Å². The van der Waals surface area contributed by atoms with Gasteiger partial charge in [0, 0.05) is 0 Å². The number of carboxylic acids is 1. The molecule has 0 radical (unpaired) electrons. The molecule has 0 saturated heterocycles. The molecule has 0 saturated carbocycles. The molecule has 4 rings (SSSR count). The quantitative estimate of drug-likeness (QED) is 0.531. The Balaban J connectivity index is 1.72. The third-order valence-corrected chi connectivity index (χ3v) is 10.1. The fraction of sp³-hybridized carbons (Fsp3) is 0.273. The molecule has 2 aromatic carbocycles. The van der Waals surface area contributed by atoms with E-state index in [1.54, 1.807) is 25.1 Å². The zero-order valence-electron chi connectivity index (χ0n) is 18.6. The molecule has 9 nitrogen and oxygen atoms in total. The van der Waals surface area contributed by atoms with E-state index < -0.39 is 60.4 Å². The zero-order valence-corrected chi connectivity index (χ0v) is 21.2. The van der Waals surface area contributed by atoms with Crippen molar-refractivity contribution >= 4 is 51.7 Å². The van der Waals surface area contributed by atoms with Crippen LogP contribution in [0, 0.1) is 0 Å². The van der Waals surface area contributed by atoms with Gasteiger partial charge < -0.3 is 0 Å². The standard InChI is InChI=1S/C22H17AsClF3N2O7/c1-11-16-9-13(24)5-8-15(16)17-21(11,18(30)31)35-10-29(28-17)19(32)23(20(33)34-2)12-3-6-14(7-4-12)36-22(25,26)27/h3-9,11H,10H2,1-2H3,(H,30,31). The van der Waals surface area contributed by atoms with E-state index in [0.717, 1.165) is 24.3 Å². The molecule has 0 spiro atoms. The van der Waals surface area contributed by atoms with Crippen molar-refractivity contribution in [1.29, 1.82) is 0 Å². The molecule has 36 heavy (non-hydrogen) atoms. The topological polar surface area (TPSA) is 115 Å². The maximum atomic E-state index is 13.4. The van der Waals surface area contributed by atoms with E-state index >= 15 is 0 Å². The molecule has 0 fully saturated rings. The number of hydrazone groups is 1. The Hall–Kier alpha value is -3.08. The molecule has 2 aromatic rings. The van der Waals surface area contributed by atoms with Gasteiger partial charge in [0.1, 0.15) is 0 Å². The molecular weight excluding hydrogens is 572 g/mol. The van der Waals surface area contributed by atoms with Gasteiger partial charge in [-0.25, -0.2) is 0 Å². The first-order valence-corrected chi connectivity index (χ1v) is 13.4. The fourth-order valence-electron chi connectivity index (χ4n) is 4.11. The van der Waals surface area contributed by atoms with Gasteiger partial charge in [0.15, 0.2) is 0 Å². The average Bonchev–Trinajstić information content (AvgIpc) is 3.07. The number of fused-ring (bicyclic) bond motifs is 3. The van der Waals surface area contributed by atoms with Crippen LogP contribution >= 0.6 is 11.6 Å². The van der Waals surface area contributed by atoms with Crippen LogP contribution in [0.15, 0.2) is 47.6 Å². The molecule has 1 amide bonds. The molecule has 3 atom stereocenters. The Morgan fingerprint density at radius 3 is 2.47 bits per heavy atom. The number of carboxylic acid groups (broad SMARTS) is 1. The van der Waals surface area contributed by atoms with Crippen molar-refractivity contribution < 1.29 is 46.9 Å². The van der Waals surface area contributed by atoms with E-state index in [4.69, 9.17) is 21.1 Å². The van der Waals surface area contributed by atoms with E-state index in [9.17, 15) is 32.7 Å². The molecule has 2 aliphatic rings. The summed E-state index contributed by atoms with van der Waals surface area (Å²) in [6.45, 7) is 1.07. The number of carbonyl (C=O) groups is 3. The molecule has 0 aromatic heterocycles. The van der Waals surface area contributed by atoms with Crippen LogP contribution in [0.3, 0.4) is 0 Å². The first-order chi connectivity index (χ1) is 16.9. The Labute approximate surface area is 211 Å². The summed E-state index contributed by atoms with van der Waals surface area (Å²) < 4.78 is 50.3. The number of carbonyl (C=O) groups excluding carboxylic acids is 2. The Bertz CT molecular complexity index is 1270. The van der Waals surface area contributed by atoms with Gasteiger partial charge in [0.2, 0.25) is 0 Å². The van der Waals surface area contributed by atoms with Crippen LogP contribution in [-0.2, 0) is 14.3 Å². The first-order valence-electron chi connectivity index (χ1n) is 10.2. The summed E-state index contributed by atoms with van der Waals surface area (Å²) in [6, 6.07) is 9.02. The summed E-state index contributed by atoms with van der Waals surface area (Å²) in [5.41, 5.74) is -0.900. The number of aliphatic carboxylic acids is 1. The van der Waals surface area contributed by atoms with Crippen molar-refractivity contribution in [3.05, 3.63) is 58.6 Å². The second-order valence-corrected chi connectivity index (χ2v) is 12.2. The molecule has 1 N–H and O–H groups in total. The monoisotopic (exact) mass is 588 g/mol. The van der Waals surface area contributed by atoms with Gasteiger partial charge in [-0.1, -0.05) is 0 Å². The van der Waals surface area contributed by atoms with Crippen molar-refractivity contribution in [1.82, 2.24) is 5.01 Å². The van der Waals surface area contributed by atoms with E-state index in [1.807, 2.05) is 0 Å². The Morgan fingerprint density at radius 1 is 1.22 bits per heavy atom. The number of rotatable bonds is 5. The fourth-order valence-corrected chi connectivity index (χ4v) is 7.54. The summed E-state index contributed by atoms with van der Waals surface area (Å²) in [7, 11) is 1.07. The van der Waals surface area contributed by atoms with Crippen LogP contribution in [0.4, 0.5) is 22.8 Å². The predicted molar refractivity (Wildman–Crippen MR) is 121 cm³/mol. The number of hydrogen-bond acceptors (Lipinski definition) is 7. The molecule has 1 aliphatic heterocycles. The van der Waals surface area contributed by atoms with Crippen molar-refractivity contribution in [2.24, 2.45) is 5.10 Å². The second-order valence-electron chi connectivity index (χ2n) is 7.75. The SMILES string of the molecule is COC(=O)[As](C(=O)N1COC2(C(=O)O)C(=N1)c1ccc(Cl)cc1C2C)c1ccc(OC(F)(F)F)cc1. The van der Waals surface area contributed by atoms with Crippen molar-refractivity contribution in [3.63, 3.8) is 0 Å². The number of amides is 1. The normalized spacial score (nSPS) is 21.7. The van der Waals surface area contributed by atoms with Crippen LogP contribution < -0.4 is 9.09 Å². The summed E-state index contributed by atoms with van der Waals surface area (Å²) in [5.74, 6) is -2.52. The van der Waals surface area contributed by atoms with E-state index in [1.165, 1.54) is 12.1 Å². The number of hydrogen-bond donors (Lipinski definition) is 1. The predicted octanol–water partition coefficient (Wildman–Crippen LogP) is 3.62. The first kappa shape index (κ1) is 26.0. The summed E-state index contributed by atoms with van der Waals surface area (Å²) >= 11 is 2.61. The Kier molecular flexibility index (Phi) is 6.80. The molecule has 0 bridgehead atoms. The molecule has 3 unspecified atom stereocenters. The number of halogens is 4. The van der Waals surface area contributed by atoms with E-state index in [2.05, 4.69) is 9.84 Å². The number of alkyl halides is 3. The summed E-state index contributed by atoms with van der Waals surface area (Å²) in [4.78, 5) is 38.4. The maximum absolute atomic E-state index is 13.4. The van der Waals surface area contributed by atoms with Gasteiger partial charge in [-0.3, -0.25) is 0 Å². The van der Waals surface area contributed by atoms with Crippen LogP contribution in [0.5, 0.6) is 5.75 Å². The minimum atomic E-state index is -4.91. The van der Waals surface area contributed by atoms with Gasteiger partial charge in [-0.2, -0.15) is 0 Å². The van der Waals surface area contributed by atoms with Crippen LogP contribution in [0.2, 0.25) is 5.02 Å². The van der Waals surface area contributed by atoms with E-state index in [-0.39, 0.29) is 10.1 Å². The summed E-state index contributed by atoms with van der Waals surface area (Å²) in [6.07, 6.45) is -4.91. The minimum absolute atomic E-state index is 0.0264. The second kappa shape index (κ2) is 9.42. The average molecular weight is 589 g/mol. The third-order valence-electron chi connectivity index (χ3n) is 5.75. The molecule has 1 aliphatic carbocycles. The van der Waals surface area contributed by atoms with Crippen molar-refractivity contribution in [2.45, 2.75) is 24.8 Å². The molecule has 190 valence electrons. The van der Waals surface area contributed by atoms with Crippen LogP contribution in [0.1, 0.15) is 24.0 Å². The van der Waals surface area contributed by atoms with Gasteiger partial charge in [-0.05, 0) is 0 Å². The molecular formula is C22H17AsClF3N2O7. The number of methoxy groups -OCH3 is 1. The number of ether oxygens (including phenoxy) is 3. The summed E-state index contributed by atoms with van der Waals surface area (Å²) in [5, 5.41) is 15.6. The van der Waals surface area contributed by atoms with Crippen molar-refractivity contribution in [2.75, 3.05) is 13.8 Å². The van der Waals surface area contributed by atoms with Gasteiger partial charge in [-0.15, -0.1) is 0 Å². The number of nitrogens with zero attached hydrogens (tertiary/aromatic N) is 2. The van der Waals surface area contributed by atoms with E-state index in [0.29, 0.717) is 16.1 Å². The van der Waals surface area contributed by atoms with Gasteiger partial charge in [0.25, 0.3) is 0 Å². The van der Waals surface area contributed by atoms with Crippen LogP contribution in [0.25, 0.3) is 0 Å². The molecule has 1 heterocycles. The van der Waals surface area contributed by atoms with Crippen LogP contribution in [-0.4, -0.2) is 71.7 Å². The number of benzene rings is 2. The zero-order chi connectivity index (χ0) is 26.4. The molecule has 14 heteroatoms. The van der Waals surface area contributed by atoms with Crippen molar-refractivity contribution in [3.8, 4) is 5.75 Å². The van der Waals surface area contributed by atoms with Gasteiger partial charge >= 0.3 is 212 Å². The Morgan fingerprint density at radius 2 is 1.89 bits per heavy atom. The third kappa shape index (κ3) is 4.44.